The molecule has 3 N–H and O–H groups in total. The van der Waals surface area contributed by atoms with Crippen LogP contribution in [0.4, 0.5) is 26.3 Å². The Balaban J connectivity index is 0.000000308. The van der Waals surface area contributed by atoms with E-state index in [-0.39, 0.29) is 16.1 Å². The van der Waals surface area contributed by atoms with E-state index >= 15 is 0 Å². The van der Waals surface area contributed by atoms with E-state index in [0.717, 1.165) is 6.20 Å². The molecule has 0 aliphatic carbocycles. The average molecular weight is 530 g/mol. The molecule has 1 heterocycles. The van der Waals surface area contributed by atoms with Crippen molar-refractivity contribution in [2.24, 2.45) is 5.73 Å². The number of carbonyl (C=O) groups is 1. The molecule has 6 nitrogen and oxygen atoms in total. The lowest BCUT2D eigenvalue weighted by molar-refractivity contribution is -0.143. The molecule has 0 saturated heterocycles. The van der Waals surface area contributed by atoms with E-state index in [1.54, 1.807) is 0 Å². The zero-order valence-corrected chi connectivity index (χ0v) is 16.7. The number of hydrogen-bond donors (Lipinski definition) is 2. The number of nitrogens with two attached hydrogens (primary N) is 1. The molecule has 160 valence electrons. The molecule has 0 bridgehead atoms. The molecule has 2 aromatic rings. The van der Waals surface area contributed by atoms with Crippen LogP contribution in [0.2, 0.25) is 5.15 Å². The van der Waals surface area contributed by atoms with Gasteiger partial charge in [0.2, 0.25) is 5.91 Å². The van der Waals surface area contributed by atoms with Crippen molar-refractivity contribution in [1.29, 1.82) is 0 Å². The van der Waals surface area contributed by atoms with Crippen molar-refractivity contribution >= 4 is 43.6 Å². The summed E-state index contributed by atoms with van der Waals surface area (Å²) >= 11 is 8.46. The second kappa shape index (κ2) is 8.85. The zero-order valence-electron chi connectivity index (χ0n) is 13.5. The van der Waals surface area contributed by atoms with Crippen LogP contribution in [0, 0.1) is 0 Å². The number of aromatic nitrogens is 1. The molecule has 0 fully saturated rings. The molecule has 29 heavy (non-hydrogen) atoms. The maximum absolute atomic E-state index is 12.4. The molecule has 0 aliphatic rings. The molecule has 1 aromatic carbocycles. The largest absolute Gasteiger partial charge is 0.417 e. The van der Waals surface area contributed by atoms with Crippen LogP contribution in [0.25, 0.3) is 0 Å². The van der Waals surface area contributed by atoms with Crippen LogP contribution < -0.4 is 5.73 Å². The number of pyridine rings is 1. The van der Waals surface area contributed by atoms with Gasteiger partial charge in [-0.1, -0.05) is 11.6 Å². The fraction of sp³-hybridized carbons (Fsp3) is 0.143. The Morgan fingerprint density at radius 2 is 1.66 bits per heavy atom. The third kappa shape index (κ3) is 7.13. The molecular weight excluding hydrogens is 522 g/mol. The Hall–Kier alpha value is -1.90. The Labute approximate surface area is 172 Å². The van der Waals surface area contributed by atoms with Gasteiger partial charge >= 0.3 is 12.4 Å². The summed E-state index contributed by atoms with van der Waals surface area (Å²) in [5, 5.41) is 0.141. The molecule has 1 aromatic heterocycles. The Bertz CT molecular complexity index is 1030. The lowest BCUT2D eigenvalue weighted by atomic mass is 10.0. The molecule has 0 spiro atoms. The fourth-order valence-electron chi connectivity index (χ4n) is 1.71. The number of carbonyl (C=O) groups excluding carboxylic acids is 1. The third-order valence-electron chi connectivity index (χ3n) is 2.99. The molecule has 0 radical (unpaired) electrons. The highest BCUT2D eigenvalue weighted by atomic mass is 79.9. The highest BCUT2D eigenvalue weighted by Crippen LogP contribution is 2.37. The molecule has 15 heteroatoms. The summed E-state index contributed by atoms with van der Waals surface area (Å²) in [6, 6.07) is 1.81. The van der Waals surface area contributed by atoms with Crippen molar-refractivity contribution < 1.29 is 44.1 Å². The summed E-state index contributed by atoms with van der Waals surface area (Å²) in [5.41, 5.74) is 0.470. The van der Waals surface area contributed by atoms with E-state index in [9.17, 15) is 39.6 Å². The second-order valence-corrected chi connectivity index (χ2v) is 7.67. The predicted molar refractivity (Wildman–Crippen MR) is 91.7 cm³/mol. The molecule has 0 unspecified atom stereocenters. The summed E-state index contributed by atoms with van der Waals surface area (Å²) in [6.07, 6.45) is -9.02. The van der Waals surface area contributed by atoms with Gasteiger partial charge in [-0.3, -0.25) is 9.35 Å². The van der Waals surface area contributed by atoms with Crippen molar-refractivity contribution in [2.45, 2.75) is 17.2 Å². The van der Waals surface area contributed by atoms with Gasteiger partial charge in [-0.05, 0) is 40.2 Å². The van der Waals surface area contributed by atoms with Crippen LogP contribution in [0.3, 0.4) is 0 Å². The van der Waals surface area contributed by atoms with Crippen LogP contribution in [0.15, 0.2) is 39.8 Å². The predicted octanol–water partition coefficient (Wildman–Crippen LogP) is 4.57. The lowest BCUT2D eigenvalue weighted by Crippen LogP contribution is -2.20. The van der Waals surface area contributed by atoms with Gasteiger partial charge in [-0.2, -0.15) is 34.8 Å². The van der Waals surface area contributed by atoms with Crippen LogP contribution in [0.1, 0.15) is 21.5 Å². The summed E-state index contributed by atoms with van der Waals surface area (Å²) in [6.45, 7) is 0. The molecule has 0 aliphatic heterocycles. The first-order valence-electron chi connectivity index (χ1n) is 6.81. The highest BCUT2D eigenvalue weighted by molar-refractivity contribution is 9.10. The number of halogens is 8. The quantitative estimate of drug-likeness (QED) is 0.337. The van der Waals surface area contributed by atoms with E-state index in [2.05, 4.69) is 26.6 Å². The maximum Gasteiger partial charge on any atom is 0.417 e. The standard InChI is InChI=1S/C9H5F6NO.C5H3BrClNO3S/c10-8(11,12)4-1-2-5(7(16)17)6(3-4)9(13,14)15;6-4-1-3(12(9,10)11)2-8-5(4)7/h1-3H,(H2,16,17);1-2H,(H,9,10,11). The number of hydrogen-bond acceptors (Lipinski definition) is 4. The Morgan fingerprint density at radius 1 is 1.10 bits per heavy atom. The average Bonchev–Trinajstić information content (AvgIpc) is 2.54. The number of amides is 1. The van der Waals surface area contributed by atoms with Crippen LogP contribution in [-0.4, -0.2) is 23.9 Å². The van der Waals surface area contributed by atoms with Gasteiger partial charge in [0.15, 0.2) is 0 Å². The van der Waals surface area contributed by atoms with Crippen molar-refractivity contribution in [2.75, 3.05) is 0 Å². The number of benzene rings is 1. The van der Waals surface area contributed by atoms with Crippen molar-refractivity contribution in [3.8, 4) is 0 Å². The molecular formula is C14H8BrClF6N2O4S. The molecule has 0 atom stereocenters. The van der Waals surface area contributed by atoms with Gasteiger partial charge in [-0.15, -0.1) is 0 Å². The summed E-state index contributed by atoms with van der Waals surface area (Å²) < 4.78 is 104. The van der Waals surface area contributed by atoms with Gasteiger partial charge in [0, 0.05) is 6.20 Å². The Morgan fingerprint density at radius 3 is 2.03 bits per heavy atom. The zero-order chi connectivity index (χ0) is 22.8. The summed E-state index contributed by atoms with van der Waals surface area (Å²) in [4.78, 5) is 13.9. The second-order valence-electron chi connectivity index (χ2n) is 5.04. The number of rotatable bonds is 2. The lowest BCUT2D eigenvalue weighted by Gasteiger charge is -2.14. The summed E-state index contributed by atoms with van der Waals surface area (Å²) in [5.74, 6) is -1.44. The minimum atomic E-state index is -5.08. The SMILES string of the molecule is NC(=O)c1ccc(C(F)(F)F)cc1C(F)(F)F.O=S(=O)(O)c1cnc(Cl)c(Br)c1. The summed E-state index contributed by atoms with van der Waals surface area (Å²) in [7, 11) is -4.19. The normalized spacial score (nSPS) is 12.2. The van der Waals surface area contributed by atoms with Gasteiger partial charge in [0.1, 0.15) is 10.0 Å². The van der Waals surface area contributed by atoms with Crippen LogP contribution >= 0.6 is 27.5 Å². The smallest absolute Gasteiger partial charge is 0.366 e. The molecule has 1 amide bonds. The van der Waals surface area contributed by atoms with Gasteiger partial charge in [0.05, 0.1) is 21.2 Å². The van der Waals surface area contributed by atoms with Gasteiger partial charge < -0.3 is 5.73 Å². The van der Waals surface area contributed by atoms with E-state index in [1.807, 2.05) is 0 Å². The maximum atomic E-state index is 12.4. The van der Waals surface area contributed by atoms with Crippen LogP contribution in [-0.2, 0) is 22.5 Å². The fourth-order valence-corrected chi connectivity index (χ4v) is 2.77. The number of nitrogens with zero attached hydrogens (tertiary/aromatic N) is 1. The van der Waals surface area contributed by atoms with Crippen LogP contribution in [0.5, 0.6) is 0 Å². The minimum Gasteiger partial charge on any atom is -0.366 e. The van der Waals surface area contributed by atoms with Gasteiger partial charge in [0.25, 0.3) is 10.1 Å². The first-order chi connectivity index (χ1) is 12.9. The van der Waals surface area contributed by atoms with Gasteiger partial charge in [-0.25, -0.2) is 4.98 Å². The highest BCUT2D eigenvalue weighted by Gasteiger charge is 2.39. The van der Waals surface area contributed by atoms with E-state index in [4.69, 9.17) is 16.2 Å². The van der Waals surface area contributed by atoms with E-state index < -0.39 is 45.1 Å². The van der Waals surface area contributed by atoms with Crippen molar-refractivity contribution in [3.05, 3.63) is 56.8 Å². The van der Waals surface area contributed by atoms with E-state index in [0.29, 0.717) is 16.6 Å². The third-order valence-corrected chi connectivity index (χ3v) is 4.94. The molecule has 0 saturated carbocycles. The van der Waals surface area contributed by atoms with Crippen molar-refractivity contribution in [1.82, 2.24) is 4.98 Å². The van der Waals surface area contributed by atoms with Crippen molar-refractivity contribution in [3.63, 3.8) is 0 Å². The number of alkyl halides is 6. The van der Waals surface area contributed by atoms with E-state index in [1.165, 1.54) is 6.07 Å². The molecule has 2 rings (SSSR count). The Kier molecular flexibility index (Phi) is 7.67. The topological polar surface area (TPSA) is 110 Å². The number of primary amides is 1. The first-order valence-corrected chi connectivity index (χ1v) is 9.42. The monoisotopic (exact) mass is 528 g/mol. The first kappa shape index (κ1) is 25.1. The minimum absolute atomic E-state index is 0.139.